The van der Waals surface area contributed by atoms with Gasteiger partial charge >= 0.3 is 5.97 Å². The van der Waals surface area contributed by atoms with E-state index in [0.717, 1.165) is 30.7 Å². The maximum atomic E-state index is 10.9. The van der Waals surface area contributed by atoms with Crippen molar-refractivity contribution in [2.75, 3.05) is 6.54 Å². The van der Waals surface area contributed by atoms with Gasteiger partial charge in [-0.15, -0.1) is 0 Å². The number of nitrogens with one attached hydrogen (secondary N) is 1. The lowest BCUT2D eigenvalue weighted by Gasteiger charge is -2.08. The number of aromatic nitrogens is 2. The minimum atomic E-state index is -0.908. The molecule has 1 unspecified atom stereocenters. The van der Waals surface area contributed by atoms with Crippen LogP contribution < -0.4 is 5.32 Å². The van der Waals surface area contributed by atoms with Crippen LogP contribution in [0.25, 0.3) is 5.52 Å². The molecule has 1 atom stereocenters. The van der Waals surface area contributed by atoms with Crippen molar-refractivity contribution in [1.82, 2.24) is 14.7 Å². The average molecular weight is 231 g/mol. The van der Waals surface area contributed by atoms with Gasteiger partial charge in [0.1, 0.15) is 5.82 Å². The molecule has 2 aromatic rings. The molecule has 88 valence electrons. The molecule has 1 saturated heterocycles. The van der Waals surface area contributed by atoms with Gasteiger partial charge < -0.3 is 14.8 Å². The van der Waals surface area contributed by atoms with Gasteiger partial charge in [0, 0.05) is 6.20 Å². The van der Waals surface area contributed by atoms with E-state index in [9.17, 15) is 4.79 Å². The van der Waals surface area contributed by atoms with Crippen molar-refractivity contribution in [3.8, 4) is 0 Å². The van der Waals surface area contributed by atoms with Crippen LogP contribution in [0.5, 0.6) is 0 Å². The molecular formula is C12H13N3O2. The number of pyridine rings is 1. The quantitative estimate of drug-likeness (QED) is 0.821. The highest BCUT2D eigenvalue weighted by Crippen LogP contribution is 2.23. The maximum Gasteiger partial charge on any atom is 0.335 e. The Hall–Kier alpha value is -1.88. The fraction of sp³-hybridized carbons (Fsp3) is 0.333. The number of fused-ring (bicyclic) bond motifs is 1. The Morgan fingerprint density at radius 3 is 3.18 bits per heavy atom. The lowest BCUT2D eigenvalue weighted by Crippen LogP contribution is -2.15. The van der Waals surface area contributed by atoms with E-state index in [1.165, 1.54) is 0 Å². The van der Waals surface area contributed by atoms with Crippen molar-refractivity contribution in [3.63, 3.8) is 0 Å². The molecule has 3 heterocycles. The van der Waals surface area contributed by atoms with Crippen LogP contribution in [-0.2, 0) is 0 Å². The molecule has 3 rings (SSSR count). The zero-order chi connectivity index (χ0) is 11.8. The molecule has 1 aliphatic heterocycles. The van der Waals surface area contributed by atoms with Crippen LogP contribution in [0.4, 0.5) is 0 Å². The smallest absolute Gasteiger partial charge is 0.335 e. The van der Waals surface area contributed by atoms with E-state index in [1.54, 1.807) is 24.5 Å². The summed E-state index contributed by atoms with van der Waals surface area (Å²) in [5.74, 6) is 0.0590. The summed E-state index contributed by atoms with van der Waals surface area (Å²) in [7, 11) is 0. The average Bonchev–Trinajstić information content (AvgIpc) is 2.96. The molecule has 2 aromatic heterocycles. The second-order valence-corrected chi connectivity index (χ2v) is 4.28. The lowest BCUT2D eigenvalue weighted by atomic mass is 10.2. The minimum Gasteiger partial charge on any atom is -0.478 e. The highest BCUT2D eigenvalue weighted by atomic mass is 16.4. The number of aromatic carboxylic acids is 1. The molecule has 17 heavy (non-hydrogen) atoms. The summed E-state index contributed by atoms with van der Waals surface area (Å²) in [4.78, 5) is 15.3. The Bertz CT molecular complexity index is 570. The first-order valence-corrected chi connectivity index (χ1v) is 5.69. The first-order chi connectivity index (χ1) is 8.25. The van der Waals surface area contributed by atoms with E-state index >= 15 is 0 Å². The predicted molar refractivity (Wildman–Crippen MR) is 62.1 cm³/mol. The van der Waals surface area contributed by atoms with Crippen molar-refractivity contribution >= 4 is 11.5 Å². The molecular weight excluding hydrogens is 218 g/mol. The summed E-state index contributed by atoms with van der Waals surface area (Å²) in [5, 5.41) is 12.3. The van der Waals surface area contributed by atoms with Crippen molar-refractivity contribution in [2.24, 2.45) is 0 Å². The highest BCUT2D eigenvalue weighted by Gasteiger charge is 2.20. The molecule has 0 aromatic carbocycles. The second-order valence-electron chi connectivity index (χ2n) is 4.28. The highest BCUT2D eigenvalue weighted by molar-refractivity contribution is 5.88. The monoisotopic (exact) mass is 231 g/mol. The third-order valence-corrected chi connectivity index (χ3v) is 3.18. The van der Waals surface area contributed by atoms with Crippen LogP contribution in [-0.4, -0.2) is 27.0 Å². The van der Waals surface area contributed by atoms with Crippen LogP contribution in [0.2, 0.25) is 0 Å². The number of hydrogen-bond donors (Lipinski definition) is 2. The zero-order valence-corrected chi connectivity index (χ0v) is 9.26. The summed E-state index contributed by atoms with van der Waals surface area (Å²) in [5.41, 5.74) is 1.12. The van der Waals surface area contributed by atoms with Crippen LogP contribution in [0.15, 0.2) is 24.5 Å². The number of hydrogen-bond acceptors (Lipinski definition) is 3. The normalized spacial score (nSPS) is 19.9. The standard InChI is InChI=1S/C12H13N3O2/c16-12(17)8-3-5-15-9(6-8)7-14-11(15)10-2-1-4-13-10/h3,5-7,10,13H,1-2,4H2,(H,16,17). The predicted octanol–water partition coefficient (Wildman–Crippen LogP) is 1.46. The van der Waals surface area contributed by atoms with E-state index in [2.05, 4.69) is 10.3 Å². The van der Waals surface area contributed by atoms with Gasteiger partial charge in [-0.25, -0.2) is 9.78 Å². The zero-order valence-electron chi connectivity index (χ0n) is 9.26. The third kappa shape index (κ3) is 1.68. The molecule has 2 N–H and O–H groups in total. The number of imidazole rings is 1. The van der Waals surface area contributed by atoms with Gasteiger partial charge in [0.25, 0.3) is 0 Å². The number of rotatable bonds is 2. The largest absolute Gasteiger partial charge is 0.478 e. The van der Waals surface area contributed by atoms with Gasteiger partial charge in [-0.05, 0) is 31.5 Å². The molecule has 5 heteroatoms. The fourth-order valence-corrected chi connectivity index (χ4v) is 2.32. The number of carbonyl (C=O) groups is 1. The Balaban J connectivity index is 2.07. The lowest BCUT2D eigenvalue weighted by molar-refractivity contribution is 0.0697. The van der Waals surface area contributed by atoms with E-state index in [1.807, 2.05) is 4.40 Å². The van der Waals surface area contributed by atoms with Crippen molar-refractivity contribution in [3.05, 3.63) is 35.9 Å². The van der Waals surface area contributed by atoms with Crippen LogP contribution in [0, 0.1) is 0 Å². The number of carboxylic acid groups (broad SMARTS) is 1. The van der Waals surface area contributed by atoms with Gasteiger partial charge in [0.15, 0.2) is 0 Å². The van der Waals surface area contributed by atoms with Crippen LogP contribution >= 0.6 is 0 Å². The van der Waals surface area contributed by atoms with E-state index in [-0.39, 0.29) is 6.04 Å². The van der Waals surface area contributed by atoms with E-state index in [0.29, 0.717) is 5.56 Å². The van der Waals surface area contributed by atoms with Gasteiger partial charge in [0.2, 0.25) is 0 Å². The molecule has 0 bridgehead atoms. The molecule has 0 aliphatic carbocycles. The van der Waals surface area contributed by atoms with Gasteiger partial charge in [-0.3, -0.25) is 0 Å². The fourth-order valence-electron chi connectivity index (χ4n) is 2.32. The molecule has 1 fully saturated rings. The topological polar surface area (TPSA) is 66.6 Å². The number of nitrogens with zero attached hydrogens (tertiary/aromatic N) is 2. The molecule has 1 aliphatic rings. The molecule has 0 spiro atoms. The SMILES string of the molecule is O=C(O)c1ccn2c(C3CCCN3)ncc2c1. The van der Waals surface area contributed by atoms with E-state index < -0.39 is 5.97 Å². The van der Waals surface area contributed by atoms with Crippen molar-refractivity contribution in [1.29, 1.82) is 0 Å². The summed E-state index contributed by atoms with van der Waals surface area (Å²) in [6.07, 6.45) is 5.75. The van der Waals surface area contributed by atoms with Gasteiger partial charge in [-0.1, -0.05) is 0 Å². The third-order valence-electron chi connectivity index (χ3n) is 3.18. The first-order valence-electron chi connectivity index (χ1n) is 5.69. The molecule has 0 amide bonds. The van der Waals surface area contributed by atoms with Crippen LogP contribution in [0.3, 0.4) is 0 Å². The van der Waals surface area contributed by atoms with Gasteiger partial charge in [-0.2, -0.15) is 0 Å². The van der Waals surface area contributed by atoms with Gasteiger partial charge in [0.05, 0.1) is 23.3 Å². The maximum absolute atomic E-state index is 10.9. The molecule has 0 radical (unpaired) electrons. The van der Waals surface area contributed by atoms with Crippen molar-refractivity contribution < 1.29 is 9.90 Å². The number of carboxylic acids is 1. The summed E-state index contributed by atoms with van der Waals surface area (Å²) >= 11 is 0. The molecule has 5 nitrogen and oxygen atoms in total. The Kier molecular flexibility index (Phi) is 2.33. The van der Waals surface area contributed by atoms with Crippen LogP contribution in [0.1, 0.15) is 35.1 Å². The van der Waals surface area contributed by atoms with E-state index in [4.69, 9.17) is 5.11 Å². The van der Waals surface area contributed by atoms with Crippen molar-refractivity contribution in [2.45, 2.75) is 18.9 Å². The summed E-state index contributed by atoms with van der Waals surface area (Å²) < 4.78 is 1.95. The summed E-state index contributed by atoms with van der Waals surface area (Å²) in [6, 6.07) is 3.54. The second kappa shape index (κ2) is 3.85. The summed E-state index contributed by atoms with van der Waals surface area (Å²) in [6.45, 7) is 1.02. The molecule has 0 saturated carbocycles. The first kappa shape index (κ1) is 10.3. The Morgan fingerprint density at radius 1 is 1.59 bits per heavy atom. The Morgan fingerprint density at radius 2 is 2.47 bits per heavy atom. The minimum absolute atomic E-state index is 0.285. The Labute approximate surface area is 98.1 Å².